The lowest BCUT2D eigenvalue weighted by Crippen LogP contribution is -2.34. The molecule has 0 saturated carbocycles. The molecule has 2 aromatic rings. The Hall–Kier alpha value is -2.57. The topological polar surface area (TPSA) is 75.7 Å². The standard InChI is InChI=1S/C18H14Cl2N2O4/c1-26-18(25)10-3-2-4-11(7-10)21-15-9-16(23)22(17(15)24)12-5-6-13(19)14(20)8-12/h2-8,15,21H,9H2,1H3. The van der Waals surface area contributed by atoms with Crippen molar-refractivity contribution < 1.29 is 19.1 Å². The number of hydrogen-bond acceptors (Lipinski definition) is 5. The van der Waals surface area contributed by atoms with Gasteiger partial charge in [0.2, 0.25) is 5.91 Å². The average molecular weight is 393 g/mol. The van der Waals surface area contributed by atoms with Crippen LogP contribution in [-0.2, 0) is 14.3 Å². The molecule has 0 aliphatic carbocycles. The van der Waals surface area contributed by atoms with Gasteiger partial charge in [-0.25, -0.2) is 9.69 Å². The van der Waals surface area contributed by atoms with Crippen molar-refractivity contribution in [2.24, 2.45) is 0 Å². The van der Waals surface area contributed by atoms with Crippen LogP contribution in [0.5, 0.6) is 0 Å². The largest absolute Gasteiger partial charge is 0.465 e. The Labute approximate surface area is 159 Å². The van der Waals surface area contributed by atoms with Crippen LogP contribution in [0.2, 0.25) is 10.0 Å². The number of hydrogen-bond donors (Lipinski definition) is 1. The number of imide groups is 1. The monoisotopic (exact) mass is 392 g/mol. The minimum atomic E-state index is -0.746. The van der Waals surface area contributed by atoms with Gasteiger partial charge >= 0.3 is 5.97 Å². The van der Waals surface area contributed by atoms with Gasteiger partial charge in [-0.15, -0.1) is 0 Å². The molecule has 0 radical (unpaired) electrons. The molecule has 1 saturated heterocycles. The molecule has 1 heterocycles. The van der Waals surface area contributed by atoms with Crippen molar-refractivity contribution in [1.82, 2.24) is 0 Å². The van der Waals surface area contributed by atoms with Crippen LogP contribution in [0.3, 0.4) is 0 Å². The predicted molar refractivity (Wildman–Crippen MR) is 98.8 cm³/mol. The highest BCUT2D eigenvalue weighted by Crippen LogP contribution is 2.31. The van der Waals surface area contributed by atoms with E-state index in [1.807, 2.05) is 0 Å². The lowest BCUT2D eigenvalue weighted by atomic mass is 10.1. The van der Waals surface area contributed by atoms with Crippen LogP contribution in [0.25, 0.3) is 0 Å². The van der Waals surface area contributed by atoms with Gasteiger partial charge in [-0.1, -0.05) is 29.3 Å². The van der Waals surface area contributed by atoms with Gasteiger partial charge in [0.25, 0.3) is 5.91 Å². The summed E-state index contributed by atoms with van der Waals surface area (Å²) in [6.07, 6.45) is -0.0124. The number of carbonyl (C=O) groups is 3. The van der Waals surface area contributed by atoms with Crippen LogP contribution in [0, 0.1) is 0 Å². The van der Waals surface area contributed by atoms with Crippen LogP contribution < -0.4 is 10.2 Å². The fraction of sp³-hybridized carbons (Fsp3) is 0.167. The summed E-state index contributed by atoms with van der Waals surface area (Å²) in [5.41, 5.74) is 1.24. The minimum Gasteiger partial charge on any atom is -0.465 e. The second-order valence-electron chi connectivity index (χ2n) is 5.64. The molecule has 3 rings (SSSR count). The van der Waals surface area contributed by atoms with E-state index >= 15 is 0 Å². The smallest absolute Gasteiger partial charge is 0.337 e. The Morgan fingerprint density at radius 2 is 1.92 bits per heavy atom. The quantitative estimate of drug-likeness (QED) is 0.636. The second-order valence-corrected chi connectivity index (χ2v) is 6.45. The molecule has 1 atom stereocenters. The highest BCUT2D eigenvalue weighted by atomic mass is 35.5. The molecule has 134 valence electrons. The molecule has 1 aliphatic heterocycles. The third kappa shape index (κ3) is 3.52. The summed E-state index contributed by atoms with van der Waals surface area (Å²) in [7, 11) is 1.29. The zero-order chi connectivity index (χ0) is 18.8. The SMILES string of the molecule is COC(=O)c1cccc(NC2CC(=O)N(c3ccc(Cl)c(Cl)c3)C2=O)c1. The Bertz CT molecular complexity index is 901. The number of carbonyl (C=O) groups excluding carboxylic acids is 3. The molecular weight excluding hydrogens is 379 g/mol. The fourth-order valence-electron chi connectivity index (χ4n) is 2.70. The molecule has 2 aromatic carbocycles. The number of esters is 1. The zero-order valence-corrected chi connectivity index (χ0v) is 15.2. The van der Waals surface area contributed by atoms with Crippen molar-refractivity contribution in [2.45, 2.75) is 12.5 Å². The first kappa shape index (κ1) is 18.2. The normalized spacial score (nSPS) is 16.7. The number of nitrogens with one attached hydrogen (secondary N) is 1. The van der Waals surface area contributed by atoms with E-state index < -0.39 is 17.9 Å². The summed E-state index contributed by atoms with van der Waals surface area (Å²) in [5, 5.41) is 3.58. The van der Waals surface area contributed by atoms with Crippen LogP contribution >= 0.6 is 23.2 Å². The Morgan fingerprint density at radius 3 is 2.62 bits per heavy atom. The van der Waals surface area contributed by atoms with E-state index in [-0.39, 0.29) is 17.4 Å². The van der Waals surface area contributed by atoms with Gasteiger partial charge in [0, 0.05) is 5.69 Å². The van der Waals surface area contributed by atoms with Gasteiger partial charge in [0.15, 0.2) is 0 Å². The highest BCUT2D eigenvalue weighted by Gasteiger charge is 2.39. The maximum absolute atomic E-state index is 12.7. The molecular formula is C18H14Cl2N2O4. The van der Waals surface area contributed by atoms with Gasteiger partial charge in [-0.2, -0.15) is 0 Å². The zero-order valence-electron chi connectivity index (χ0n) is 13.7. The van der Waals surface area contributed by atoms with Crippen molar-refractivity contribution >= 4 is 52.4 Å². The van der Waals surface area contributed by atoms with Crippen molar-refractivity contribution in [3.8, 4) is 0 Å². The van der Waals surface area contributed by atoms with E-state index in [1.165, 1.54) is 19.2 Å². The van der Waals surface area contributed by atoms with Gasteiger partial charge in [0.05, 0.1) is 34.8 Å². The number of halogens is 2. The van der Waals surface area contributed by atoms with Crippen LogP contribution in [-0.4, -0.2) is 30.9 Å². The number of ether oxygens (including phenoxy) is 1. The Kier molecular flexibility index (Phi) is 5.15. The lowest BCUT2D eigenvalue weighted by Gasteiger charge is -2.17. The van der Waals surface area contributed by atoms with Gasteiger partial charge in [0.1, 0.15) is 6.04 Å². The van der Waals surface area contributed by atoms with Crippen LogP contribution in [0.15, 0.2) is 42.5 Å². The molecule has 0 spiro atoms. The summed E-state index contributed by atoms with van der Waals surface area (Å²) in [5.74, 6) is -1.24. The predicted octanol–water partition coefficient (Wildman–Crippen LogP) is 3.52. The summed E-state index contributed by atoms with van der Waals surface area (Å²) in [6, 6.07) is 10.3. The number of benzene rings is 2. The van der Waals surface area contributed by atoms with Crippen LogP contribution in [0.1, 0.15) is 16.8 Å². The first-order valence-electron chi connectivity index (χ1n) is 7.67. The maximum atomic E-state index is 12.7. The van der Waals surface area contributed by atoms with E-state index in [0.717, 1.165) is 4.90 Å². The minimum absolute atomic E-state index is 0.0124. The average Bonchev–Trinajstić information content (AvgIpc) is 2.90. The molecule has 1 unspecified atom stereocenters. The molecule has 0 bridgehead atoms. The van der Waals surface area contributed by atoms with Gasteiger partial charge < -0.3 is 10.1 Å². The van der Waals surface area contributed by atoms with Crippen LogP contribution in [0.4, 0.5) is 11.4 Å². The first-order chi connectivity index (χ1) is 12.4. The molecule has 26 heavy (non-hydrogen) atoms. The van der Waals surface area contributed by atoms with E-state index in [2.05, 4.69) is 10.1 Å². The third-order valence-corrected chi connectivity index (χ3v) is 4.67. The summed E-state index contributed by atoms with van der Waals surface area (Å²) >= 11 is 11.9. The van der Waals surface area contributed by atoms with Gasteiger partial charge in [-0.3, -0.25) is 9.59 Å². The summed E-state index contributed by atoms with van der Waals surface area (Å²) in [6.45, 7) is 0. The fourth-order valence-corrected chi connectivity index (χ4v) is 2.99. The van der Waals surface area contributed by atoms with E-state index in [0.29, 0.717) is 22.0 Å². The molecule has 1 fully saturated rings. The van der Waals surface area contributed by atoms with E-state index in [9.17, 15) is 14.4 Å². The molecule has 2 amide bonds. The second kappa shape index (κ2) is 7.35. The third-order valence-electron chi connectivity index (χ3n) is 3.93. The molecule has 6 nitrogen and oxygen atoms in total. The first-order valence-corrected chi connectivity index (χ1v) is 8.43. The van der Waals surface area contributed by atoms with Crippen molar-refractivity contribution in [3.05, 3.63) is 58.1 Å². The van der Waals surface area contributed by atoms with E-state index in [1.54, 1.807) is 30.3 Å². The molecule has 1 aliphatic rings. The maximum Gasteiger partial charge on any atom is 0.337 e. The number of amides is 2. The summed E-state index contributed by atoms with van der Waals surface area (Å²) < 4.78 is 4.68. The Morgan fingerprint density at radius 1 is 1.15 bits per heavy atom. The number of rotatable bonds is 4. The number of anilines is 2. The molecule has 1 N–H and O–H groups in total. The highest BCUT2D eigenvalue weighted by molar-refractivity contribution is 6.42. The van der Waals surface area contributed by atoms with Crippen molar-refractivity contribution in [1.29, 1.82) is 0 Å². The van der Waals surface area contributed by atoms with Crippen molar-refractivity contribution in [2.75, 3.05) is 17.3 Å². The lowest BCUT2D eigenvalue weighted by molar-refractivity contribution is -0.121. The molecule has 8 heteroatoms. The number of nitrogens with zero attached hydrogens (tertiary/aromatic N) is 1. The Balaban J connectivity index is 1.81. The number of methoxy groups -OCH3 is 1. The van der Waals surface area contributed by atoms with E-state index in [4.69, 9.17) is 23.2 Å². The molecule has 0 aromatic heterocycles. The summed E-state index contributed by atoms with van der Waals surface area (Å²) in [4.78, 5) is 37.7. The van der Waals surface area contributed by atoms with Gasteiger partial charge in [-0.05, 0) is 36.4 Å². The van der Waals surface area contributed by atoms with Crippen molar-refractivity contribution in [3.63, 3.8) is 0 Å².